The Labute approximate surface area is 89.3 Å². The van der Waals surface area contributed by atoms with Gasteiger partial charge in [0, 0.05) is 35.6 Å². The molecule has 1 aromatic rings. The van der Waals surface area contributed by atoms with Gasteiger partial charge in [-0.15, -0.1) is 0 Å². The van der Waals surface area contributed by atoms with Crippen LogP contribution in [0.25, 0.3) is 0 Å². The van der Waals surface area contributed by atoms with Crippen LogP contribution in [0.5, 0.6) is 0 Å². The number of hydrogen-bond acceptors (Lipinski definition) is 3. The largest absolute Gasteiger partial charge is 0.419 e. The predicted molar refractivity (Wildman–Crippen MR) is 54.0 cm³/mol. The molecule has 2 heterocycles. The van der Waals surface area contributed by atoms with Crippen LogP contribution in [-0.4, -0.2) is 22.5 Å². The highest BCUT2D eigenvalue weighted by atomic mass is 32.2. The van der Waals surface area contributed by atoms with Gasteiger partial charge in [0.15, 0.2) is 0 Å². The molecule has 0 radical (unpaired) electrons. The first kappa shape index (κ1) is 10.6. The van der Waals surface area contributed by atoms with Crippen molar-refractivity contribution in [3.05, 3.63) is 24.0 Å². The van der Waals surface area contributed by atoms with Crippen LogP contribution in [0.1, 0.15) is 5.56 Å². The van der Waals surface area contributed by atoms with Crippen molar-refractivity contribution in [2.75, 3.05) is 16.8 Å². The fourth-order valence-electron chi connectivity index (χ4n) is 1.29. The molecule has 6 heteroatoms. The smallest absolute Gasteiger partial charge is 0.380 e. The molecular weight excluding hydrogens is 225 g/mol. The highest BCUT2D eigenvalue weighted by Crippen LogP contribution is 2.35. The predicted octanol–water partition coefficient (Wildman–Crippen LogP) is 2.63. The molecule has 0 bridgehead atoms. The van der Waals surface area contributed by atoms with Crippen molar-refractivity contribution in [1.82, 2.24) is 4.98 Å². The van der Waals surface area contributed by atoms with E-state index in [1.54, 1.807) is 11.8 Å². The fourth-order valence-corrected chi connectivity index (χ4v) is 1.92. The first-order chi connectivity index (χ1) is 7.07. The van der Waals surface area contributed by atoms with Crippen molar-refractivity contribution in [2.24, 2.45) is 0 Å². The highest BCUT2D eigenvalue weighted by Gasteiger charge is 2.34. The third-order valence-electron chi connectivity index (χ3n) is 2.12. The molecule has 0 unspecified atom stereocenters. The molecule has 15 heavy (non-hydrogen) atoms. The molecule has 1 aromatic heterocycles. The fraction of sp³-hybridized carbons (Fsp3) is 0.444. The highest BCUT2D eigenvalue weighted by molar-refractivity contribution is 8.00. The number of alkyl halides is 3. The number of halogens is 3. The zero-order valence-electron chi connectivity index (χ0n) is 7.71. The first-order valence-corrected chi connectivity index (χ1v) is 5.58. The average Bonchev–Trinajstić information content (AvgIpc) is 2.10. The van der Waals surface area contributed by atoms with Crippen LogP contribution in [0.2, 0.25) is 0 Å². The Kier molecular flexibility index (Phi) is 2.77. The lowest BCUT2D eigenvalue weighted by Crippen LogP contribution is -2.34. The van der Waals surface area contributed by atoms with Gasteiger partial charge in [-0.1, -0.05) is 0 Å². The summed E-state index contributed by atoms with van der Waals surface area (Å²) in [5.41, 5.74) is -0.565. The summed E-state index contributed by atoms with van der Waals surface area (Å²) >= 11 is 1.72. The Morgan fingerprint density at radius 2 is 2.13 bits per heavy atom. The Bertz CT molecular complexity index is 349. The van der Waals surface area contributed by atoms with E-state index in [-0.39, 0.29) is 11.7 Å². The van der Waals surface area contributed by atoms with Gasteiger partial charge >= 0.3 is 6.18 Å². The monoisotopic (exact) mass is 234 g/mol. The number of nitrogens with one attached hydrogen (secondary N) is 1. The summed E-state index contributed by atoms with van der Waals surface area (Å²) in [6.07, 6.45) is -2.12. The maximum absolute atomic E-state index is 12.5. The van der Waals surface area contributed by atoms with Gasteiger partial charge in [-0.2, -0.15) is 24.9 Å². The second kappa shape index (κ2) is 3.92. The van der Waals surface area contributed by atoms with Crippen LogP contribution < -0.4 is 5.32 Å². The SMILES string of the molecule is FC(F)(F)c1cnccc1NC1CSC1. The second-order valence-electron chi connectivity index (χ2n) is 3.30. The Balaban J connectivity index is 2.21. The zero-order valence-corrected chi connectivity index (χ0v) is 8.53. The van der Waals surface area contributed by atoms with Crippen LogP contribution in [0.15, 0.2) is 18.5 Å². The summed E-state index contributed by atoms with van der Waals surface area (Å²) in [6, 6.07) is 1.52. The summed E-state index contributed by atoms with van der Waals surface area (Å²) in [7, 11) is 0. The van der Waals surface area contributed by atoms with Crippen LogP contribution in [0.3, 0.4) is 0 Å². The molecule has 1 N–H and O–H groups in total. The van der Waals surface area contributed by atoms with Crippen LogP contribution in [0, 0.1) is 0 Å². The van der Waals surface area contributed by atoms with Gasteiger partial charge in [-0.05, 0) is 6.07 Å². The van der Waals surface area contributed by atoms with Crippen molar-refractivity contribution >= 4 is 17.4 Å². The number of aromatic nitrogens is 1. The van der Waals surface area contributed by atoms with E-state index in [0.717, 1.165) is 17.7 Å². The molecule has 2 nitrogen and oxygen atoms in total. The molecule has 2 rings (SSSR count). The Morgan fingerprint density at radius 3 is 2.67 bits per heavy atom. The zero-order chi connectivity index (χ0) is 10.9. The molecule has 0 atom stereocenters. The van der Waals surface area contributed by atoms with Gasteiger partial charge in [0.1, 0.15) is 0 Å². The van der Waals surface area contributed by atoms with E-state index in [9.17, 15) is 13.2 Å². The minimum atomic E-state index is -4.34. The second-order valence-corrected chi connectivity index (χ2v) is 4.37. The summed E-state index contributed by atoms with van der Waals surface area (Å²) < 4.78 is 37.6. The molecule has 0 aromatic carbocycles. The van der Waals surface area contributed by atoms with Crippen molar-refractivity contribution in [3.8, 4) is 0 Å². The maximum Gasteiger partial charge on any atom is 0.419 e. The molecule has 0 spiro atoms. The van der Waals surface area contributed by atoms with Gasteiger partial charge in [-0.25, -0.2) is 0 Å². The summed E-state index contributed by atoms with van der Waals surface area (Å²) in [4.78, 5) is 3.50. The molecule has 82 valence electrons. The van der Waals surface area contributed by atoms with Gasteiger partial charge in [0.25, 0.3) is 0 Å². The molecule has 1 fully saturated rings. The number of rotatable bonds is 2. The van der Waals surface area contributed by atoms with E-state index in [1.807, 2.05) is 0 Å². The topological polar surface area (TPSA) is 24.9 Å². The molecule has 0 aliphatic carbocycles. The minimum Gasteiger partial charge on any atom is -0.380 e. The van der Waals surface area contributed by atoms with E-state index in [2.05, 4.69) is 10.3 Å². The van der Waals surface area contributed by atoms with E-state index in [0.29, 0.717) is 0 Å². The first-order valence-electron chi connectivity index (χ1n) is 4.43. The van der Waals surface area contributed by atoms with Crippen molar-refractivity contribution in [1.29, 1.82) is 0 Å². The van der Waals surface area contributed by atoms with Gasteiger partial charge in [0.05, 0.1) is 5.56 Å². The normalized spacial score (nSPS) is 17.3. The summed E-state index contributed by atoms with van der Waals surface area (Å²) in [5.74, 6) is 1.72. The molecule has 0 saturated carbocycles. The Hall–Kier alpha value is -0.910. The van der Waals surface area contributed by atoms with E-state index in [1.165, 1.54) is 12.3 Å². The number of thioether (sulfide) groups is 1. The number of pyridine rings is 1. The van der Waals surface area contributed by atoms with Crippen molar-refractivity contribution < 1.29 is 13.2 Å². The van der Waals surface area contributed by atoms with Gasteiger partial charge in [0.2, 0.25) is 0 Å². The van der Waals surface area contributed by atoms with E-state index in [4.69, 9.17) is 0 Å². The van der Waals surface area contributed by atoms with Crippen LogP contribution in [-0.2, 0) is 6.18 Å². The van der Waals surface area contributed by atoms with Crippen molar-refractivity contribution in [2.45, 2.75) is 12.2 Å². The lowest BCUT2D eigenvalue weighted by molar-refractivity contribution is -0.137. The lowest BCUT2D eigenvalue weighted by Gasteiger charge is -2.28. The molecular formula is C9H9F3N2S. The van der Waals surface area contributed by atoms with Crippen LogP contribution >= 0.6 is 11.8 Å². The molecule has 1 aliphatic rings. The summed E-state index contributed by atoms with van der Waals surface area (Å²) in [6.45, 7) is 0. The number of hydrogen-bond donors (Lipinski definition) is 1. The van der Waals surface area contributed by atoms with Gasteiger partial charge < -0.3 is 5.32 Å². The number of nitrogens with zero attached hydrogens (tertiary/aromatic N) is 1. The lowest BCUT2D eigenvalue weighted by atomic mass is 10.2. The third-order valence-corrected chi connectivity index (χ3v) is 3.40. The van der Waals surface area contributed by atoms with Crippen molar-refractivity contribution in [3.63, 3.8) is 0 Å². The standard InChI is InChI=1S/C9H9F3N2S/c10-9(11,12)7-3-13-2-1-8(7)14-6-4-15-5-6/h1-3,6H,4-5H2,(H,13,14). The maximum atomic E-state index is 12.5. The average molecular weight is 234 g/mol. The number of anilines is 1. The van der Waals surface area contributed by atoms with E-state index < -0.39 is 11.7 Å². The molecule has 1 aliphatic heterocycles. The third kappa shape index (κ3) is 2.37. The van der Waals surface area contributed by atoms with Crippen LogP contribution in [0.4, 0.5) is 18.9 Å². The Morgan fingerprint density at radius 1 is 1.40 bits per heavy atom. The minimum absolute atomic E-state index is 0.128. The molecule has 1 saturated heterocycles. The van der Waals surface area contributed by atoms with E-state index >= 15 is 0 Å². The molecule has 0 amide bonds. The van der Waals surface area contributed by atoms with Gasteiger partial charge in [-0.3, -0.25) is 4.98 Å². The quantitative estimate of drug-likeness (QED) is 0.851. The summed E-state index contributed by atoms with van der Waals surface area (Å²) in [5, 5.41) is 2.87.